The molecule has 2 rings (SSSR count). The van der Waals surface area contributed by atoms with Gasteiger partial charge in [-0.2, -0.15) is 0 Å². The molecule has 0 aromatic rings. The summed E-state index contributed by atoms with van der Waals surface area (Å²) in [6, 6.07) is 0. The molecule has 0 spiro atoms. The van der Waals surface area contributed by atoms with Crippen LogP contribution in [0.15, 0.2) is 22.9 Å². The summed E-state index contributed by atoms with van der Waals surface area (Å²) in [5.74, 6) is 0.601. The third-order valence-electron chi connectivity index (χ3n) is 3.62. The van der Waals surface area contributed by atoms with Crippen molar-refractivity contribution in [3.63, 3.8) is 0 Å². The third-order valence-corrected chi connectivity index (χ3v) is 3.62. The van der Waals surface area contributed by atoms with E-state index < -0.39 is 0 Å². The van der Waals surface area contributed by atoms with E-state index in [1.807, 2.05) is 0 Å². The lowest BCUT2D eigenvalue weighted by molar-refractivity contribution is 0.555. The van der Waals surface area contributed by atoms with Gasteiger partial charge in [0.05, 0.1) is 0 Å². The average molecular weight is 191 g/mol. The Morgan fingerprint density at radius 2 is 2.07 bits per heavy atom. The molecular formula is C13H21N. The molecule has 78 valence electrons. The molecule has 0 bridgehead atoms. The predicted molar refractivity (Wildman–Crippen MR) is 60.8 cm³/mol. The van der Waals surface area contributed by atoms with Crippen molar-refractivity contribution < 1.29 is 0 Å². The maximum absolute atomic E-state index is 6.24. The molecule has 1 unspecified atom stereocenters. The number of hydrogen-bond acceptors (Lipinski definition) is 1. The topological polar surface area (TPSA) is 26.0 Å². The van der Waals surface area contributed by atoms with Crippen molar-refractivity contribution in [1.82, 2.24) is 0 Å². The maximum Gasteiger partial charge on any atom is 0.0144 e. The Bertz CT molecular complexity index is 273. The van der Waals surface area contributed by atoms with Crippen LogP contribution in [0.5, 0.6) is 0 Å². The van der Waals surface area contributed by atoms with E-state index in [4.69, 9.17) is 5.73 Å². The fourth-order valence-corrected chi connectivity index (χ4v) is 2.65. The standard InChI is InChI=1S/C13H21N/c1-10-6-3-2-4-7-11-8-5-9-12(11)13(10)14/h7,10H,2-6,8-9,14H2,1H3/b11-7-,13-12+. The van der Waals surface area contributed by atoms with Crippen molar-refractivity contribution >= 4 is 0 Å². The summed E-state index contributed by atoms with van der Waals surface area (Å²) in [5.41, 5.74) is 10.5. The summed E-state index contributed by atoms with van der Waals surface area (Å²) in [6.07, 6.45) is 11.5. The van der Waals surface area contributed by atoms with Crippen LogP contribution in [0.1, 0.15) is 51.9 Å². The molecule has 1 saturated carbocycles. The Morgan fingerprint density at radius 1 is 1.21 bits per heavy atom. The molecule has 0 aromatic carbocycles. The number of allylic oxidation sites excluding steroid dienone is 4. The van der Waals surface area contributed by atoms with E-state index in [1.54, 1.807) is 5.57 Å². The van der Waals surface area contributed by atoms with E-state index in [1.165, 1.54) is 56.2 Å². The normalized spacial score (nSPS) is 37.8. The summed E-state index contributed by atoms with van der Waals surface area (Å²) < 4.78 is 0. The van der Waals surface area contributed by atoms with Crippen LogP contribution >= 0.6 is 0 Å². The maximum atomic E-state index is 6.24. The summed E-state index contributed by atoms with van der Waals surface area (Å²) >= 11 is 0. The summed E-state index contributed by atoms with van der Waals surface area (Å²) in [7, 11) is 0. The molecule has 1 atom stereocenters. The van der Waals surface area contributed by atoms with Crippen LogP contribution in [0.25, 0.3) is 0 Å². The van der Waals surface area contributed by atoms with Crippen molar-refractivity contribution in [2.45, 2.75) is 51.9 Å². The molecule has 1 fully saturated rings. The molecule has 14 heavy (non-hydrogen) atoms. The smallest absolute Gasteiger partial charge is 0.0144 e. The van der Waals surface area contributed by atoms with E-state index in [-0.39, 0.29) is 0 Å². The lowest BCUT2D eigenvalue weighted by atomic mass is 9.96. The summed E-state index contributed by atoms with van der Waals surface area (Å²) in [6.45, 7) is 2.28. The van der Waals surface area contributed by atoms with Crippen LogP contribution in [-0.2, 0) is 0 Å². The number of nitrogens with two attached hydrogens (primary N) is 1. The number of fused-ring (bicyclic) bond motifs is 1. The Balaban J connectivity index is 2.30. The quantitative estimate of drug-likeness (QED) is 0.623. The Labute approximate surface area is 87.1 Å². The van der Waals surface area contributed by atoms with Crippen LogP contribution in [0.4, 0.5) is 0 Å². The van der Waals surface area contributed by atoms with Gasteiger partial charge in [-0.3, -0.25) is 0 Å². The lowest BCUT2D eigenvalue weighted by Gasteiger charge is -2.14. The Kier molecular flexibility index (Phi) is 2.95. The van der Waals surface area contributed by atoms with E-state index >= 15 is 0 Å². The lowest BCUT2D eigenvalue weighted by Crippen LogP contribution is -2.11. The minimum atomic E-state index is 0.601. The van der Waals surface area contributed by atoms with Crippen LogP contribution in [0.3, 0.4) is 0 Å². The van der Waals surface area contributed by atoms with Crippen molar-refractivity contribution in [1.29, 1.82) is 0 Å². The monoisotopic (exact) mass is 191 g/mol. The minimum Gasteiger partial charge on any atom is -0.402 e. The zero-order valence-electron chi connectivity index (χ0n) is 9.18. The molecule has 0 aromatic heterocycles. The van der Waals surface area contributed by atoms with Crippen LogP contribution < -0.4 is 5.73 Å². The summed E-state index contributed by atoms with van der Waals surface area (Å²) in [4.78, 5) is 0. The molecule has 0 amide bonds. The molecule has 1 heteroatoms. The average Bonchev–Trinajstić information content (AvgIpc) is 2.63. The second-order valence-corrected chi connectivity index (χ2v) is 4.70. The van der Waals surface area contributed by atoms with E-state index in [0.29, 0.717) is 5.92 Å². The Hall–Kier alpha value is -0.720. The largest absolute Gasteiger partial charge is 0.402 e. The second kappa shape index (κ2) is 4.20. The first-order valence-corrected chi connectivity index (χ1v) is 5.97. The van der Waals surface area contributed by atoms with Crippen molar-refractivity contribution in [2.75, 3.05) is 0 Å². The van der Waals surface area contributed by atoms with Crippen LogP contribution in [0, 0.1) is 5.92 Å². The van der Waals surface area contributed by atoms with Crippen molar-refractivity contribution in [3.8, 4) is 0 Å². The van der Waals surface area contributed by atoms with Gasteiger partial charge in [-0.05, 0) is 55.6 Å². The van der Waals surface area contributed by atoms with Crippen LogP contribution in [-0.4, -0.2) is 0 Å². The van der Waals surface area contributed by atoms with E-state index in [0.717, 1.165) is 0 Å². The molecule has 0 heterocycles. The second-order valence-electron chi connectivity index (χ2n) is 4.70. The molecule has 2 aliphatic rings. The molecular weight excluding hydrogens is 170 g/mol. The van der Waals surface area contributed by atoms with Gasteiger partial charge in [0.15, 0.2) is 0 Å². The van der Waals surface area contributed by atoms with Gasteiger partial charge in [-0.15, -0.1) is 0 Å². The Morgan fingerprint density at radius 3 is 2.93 bits per heavy atom. The zero-order chi connectivity index (χ0) is 9.97. The summed E-state index contributed by atoms with van der Waals surface area (Å²) in [5, 5.41) is 0. The highest BCUT2D eigenvalue weighted by molar-refractivity contribution is 5.38. The fraction of sp³-hybridized carbons (Fsp3) is 0.692. The van der Waals surface area contributed by atoms with E-state index in [2.05, 4.69) is 13.0 Å². The van der Waals surface area contributed by atoms with Gasteiger partial charge in [0.25, 0.3) is 0 Å². The number of hydrogen-bond donors (Lipinski definition) is 1. The fourth-order valence-electron chi connectivity index (χ4n) is 2.65. The molecule has 2 aliphatic carbocycles. The molecule has 2 N–H and O–H groups in total. The highest BCUT2D eigenvalue weighted by Gasteiger charge is 2.20. The van der Waals surface area contributed by atoms with Gasteiger partial charge in [0, 0.05) is 5.70 Å². The van der Waals surface area contributed by atoms with Crippen LogP contribution in [0.2, 0.25) is 0 Å². The molecule has 1 nitrogen and oxygen atoms in total. The number of rotatable bonds is 0. The van der Waals surface area contributed by atoms with Gasteiger partial charge >= 0.3 is 0 Å². The van der Waals surface area contributed by atoms with Gasteiger partial charge in [0.1, 0.15) is 0 Å². The molecule has 0 radical (unpaired) electrons. The minimum absolute atomic E-state index is 0.601. The highest BCUT2D eigenvalue weighted by Crippen LogP contribution is 2.35. The van der Waals surface area contributed by atoms with Gasteiger partial charge in [0.2, 0.25) is 0 Å². The zero-order valence-corrected chi connectivity index (χ0v) is 9.18. The predicted octanol–water partition coefficient (Wildman–Crippen LogP) is 3.52. The molecule has 0 aliphatic heterocycles. The third kappa shape index (κ3) is 1.87. The first kappa shape index (κ1) is 9.82. The first-order valence-electron chi connectivity index (χ1n) is 5.97. The SMILES string of the molecule is CC1CCCC/C=C2/CCC/C2=C/1N. The van der Waals surface area contributed by atoms with Gasteiger partial charge in [-0.1, -0.05) is 19.4 Å². The van der Waals surface area contributed by atoms with Crippen molar-refractivity contribution in [2.24, 2.45) is 11.7 Å². The van der Waals surface area contributed by atoms with Crippen molar-refractivity contribution in [3.05, 3.63) is 22.9 Å². The van der Waals surface area contributed by atoms with E-state index in [9.17, 15) is 0 Å². The first-order chi connectivity index (χ1) is 6.79. The molecule has 0 saturated heterocycles. The van der Waals surface area contributed by atoms with Gasteiger partial charge < -0.3 is 5.73 Å². The van der Waals surface area contributed by atoms with Gasteiger partial charge in [-0.25, -0.2) is 0 Å². The highest BCUT2D eigenvalue weighted by atomic mass is 14.6.